The van der Waals surface area contributed by atoms with Gasteiger partial charge in [-0.15, -0.1) is 5.10 Å². The van der Waals surface area contributed by atoms with E-state index in [1.54, 1.807) is 30.3 Å². The predicted molar refractivity (Wildman–Crippen MR) is 72.8 cm³/mol. The molecule has 3 aromatic rings. The van der Waals surface area contributed by atoms with Crippen molar-refractivity contribution in [2.45, 2.75) is 0 Å². The van der Waals surface area contributed by atoms with Gasteiger partial charge in [0.2, 0.25) is 0 Å². The number of rotatable bonds is 3. The van der Waals surface area contributed by atoms with E-state index in [4.69, 9.17) is 4.42 Å². The fourth-order valence-electron chi connectivity index (χ4n) is 1.72. The molecular formula is C13H10N6O3. The lowest BCUT2D eigenvalue weighted by atomic mass is 10.2. The van der Waals surface area contributed by atoms with Crippen molar-refractivity contribution in [1.82, 2.24) is 31.1 Å². The fraction of sp³-hybridized carbons (Fsp3) is 0. The van der Waals surface area contributed by atoms with Crippen molar-refractivity contribution in [2.24, 2.45) is 0 Å². The number of aromatic nitrogens is 4. The van der Waals surface area contributed by atoms with Crippen molar-refractivity contribution >= 4 is 11.8 Å². The Morgan fingerprint density at radius 2 is 1.95 bits per heavy atom. The van der Waals surface area contributed by atoms with E-state index in [2.05, 4.69) is 26.4 Å². The van der Waals surface area contributed by atoms with Crippen LogP contribution in [0.25, 0.3) is 5.69 Å². The zero-order valence-electron chi connectivity index (χ0n) is 11.1. The molecule has 0 aliphatic carbocycles. The van der Waals surface area contributed by atoms with Crippen molar-refractivity contribution in [3.8, 4) is 5.69 Å². The number of nitrogens with zero attached hydrogens (tertiary/aromatic N) is 4. The number of nitrogens with one attached hydrogen (secondary N) is 2. The number of hydrogen-bond acceptors (Lipinski definition) is 6. The number of hydrazine groups is 1. The molecule has 0 spiro atoms. The highest BCUT2D eigenvalue weighted by atomic mass is 16.3. The van der Waals surface area contributed by atoms with Gasteiger partial charge >= 0.3 is 5.91 Å². The maximum absolute atomic E-state index is 12.0. The molecule has 2 N–H and O–H groups in total. The molecule has 0 radical (unpaired) electrons. The van der Waals surface area contributed by atoms with Gasteiger partial charge in [-0.1, -0.05) is 6.07 Å². The van der Waals surface area contributed by atoms with E-state index >= 15 is 0 Å². The summed E-state index contributed by atoms with van der Waals surface area (Å²) in [4.78, 5) is 23.7. The van der Waals surface area contributed by atoms with Crippen LogP contribution in [0.4, 0.5) is 0 Å². The minimum absolute atomic E-state index is 0.0998. The molecule has 0 aliphatic heterocycles. The van der Waals surface area contributed by atoms with Gasteiger partial charge in [0.25, 0.3) is 5.91 Å². The van der Waals surface area contributed by atoms with Crippen LogP contribution in [0.5, 0.6) is 0 Å². The van der Waals surface area contributed by atoms with E-state index in [1.807, 2.05) is 0 Å². The summed E-state index contributed by atoms with van der Waals surface area (Å²) >= 11 is 0. The minimum atomic E-state index is -0.546. The normalized spacial score (nSPS) is 10.2. The van der Waals surface area contributed by atoms with Gasteiger partial charge in [0, 0.05) is 5.56 Å². The molecule has 9 nitrogen and oxygen atoms in total. The van der Waals surface area contributed by atoms with Gasteiger partial charge in [-0.3, -0.25) is 20.4 Å². The van der Waals surface area contributed by atoms with Gasteiger partial charge in [0.05, 0.1) is 12.0 Å². The van der Waals surface area contributed by atoms with Crippen LogP contribution in [0.3, 0.4) is 0 Å². The van der Waals surface area contributed by atoms with Crippen LogP contribution in [0.15, 0.2) is 53.4 Å². The molecule has 1 aromatic carbocycles. The van der Waals surface area contributed by atoms with E-state index in [0.717, 1.165) is 0 Å². The van der Waals surface area contributed by atoms with Gasteiger partial charge in [0.1, 0.15) is 6.33 Å². The second kappa shape index (κ2) is 5.87. The zero-order chi connectivity index (χ0) is 15.4. The smallest absolute Gasteiger partial charge is 0.305 e. The Balaban J connectivity index is 1.68. The van der Waals surface area contributed by atoms with Crippen molar-refractivity contribution < 1.29 is 14.0 Å². The Morgan fingerprint density at radius 1 is 1.09 bits per heavy atom. The SMILES string of the molecule is O=C(NNC(=O)c1ccco1)c1cccc(-n2cnnn2)c1. The average molecular weight is 298 g/mol. The summed E-state index contributed by atoms with van der Waals surface area (Å²) < 4.78 is 6.33. The van der Waals surface area contributed by atoms with Crippen molar-refractivity contribution in [3.05, 3.63) is 60.3 Å². The van der Waals surface area contributed by atoms with Gasteiger partial charge in [0.15, 0.2) is 5.76 Å². The van der Waals surface area contributed by atoms with Gasteiger partial charge in [-0.25, -0.2) is 4.68 Å². The Labute approximate surface area is 123 Å². The quantitative estimate of drug-likeness (QED) is 0.673. The first kappa shape index (κ1) is 13.5. The standard InChI is InChI=1S/C13H10N6O3/c20-12(15-16-13(21)11-5-2-6-22-11)9-3-1-4-10(7-9)19-8-14-17-18-19/h1-8H,(H,15,20)(H,16,21). The first-order valence-electron chi connectivity index (χ1n) is 6.21. The molecule has 2 aromatic heterocycles. The Bertz CT molecular complexity index is 782. The maximum atomic E-state index is 12.0. The second-order valence-corrected chi connectivity index (χ2v) is 4.19. The fourth-order valence-corrected chi connectivity index (χ4v) is 1.72. The van der Waals surface area contributed by atoms with Gasteiger partial charge < -0.3 is 4.42 Å². The van der Waals surface area contributed by atoms with E-state index in [-0.39, 0.29) is 5.76 Å². The lowest BCUT2D eigenvalue weighted by molar-refractivity contribution is 0.0831. The van der Waals surface area contributed by atoms with E-state index in [0.29, 0.717) is 11.3 Å². The molecular weight excluding hydrogens is 288 g/mol. The summed E-state index contributed by atoms with van der Waals surface area (Å²) in [6, 6.07) is 9.67. The molecule has 2 amide bonds. The summed E-state index contributed by atoms with van der Waals surface area (Å²) in [6.07, 6.45) is 2.78. The molecule has 0 fully saturated rings. The number of tetrazole rings is 1. The number of furan rings is 1. The molecule has 9 heteroatoms. The highest BCUT2D eigenvalue weighted by molar-refractivity contribution is 5.98. The van der Waals surface area contributed by atoms with E-state index in [1.165, 1.54) is 23.3 Å². The lowest BCUT2D eigenvalue weighted by Gasteiger charge is -2.07. The first-order valence-corrected chi connectivity index (χ1v) is 6.21. The number of benzene rings is 1. The average Bonchev–Trinajstić information content (AvgIpc) is 3.25. The molecule has 0 unspecified atom stereocenters. The number of amides is 2. The van der Waals surface area contributed by atoms with Gasteiger partial charge in [-0.05, 0) is 40.8 Å². The van der Waals surface area contributed by atoms with Crippen LogP contribution in [0.1, 0.15) is 20.9 Å². The first-order chi connectivity index (χ1) is 10.7. The Kier molecular flexibility index (Phi) is 3.60. The topological polar surface area (TPSA) is 115 Å². The van der Waals surface area contributed by atoms with Crippen molar-refractivity contribution in [2.75, 3.05) is 0 Å². The number of carbonyl (C=O) groups is 2. The summed E-state index contributed by atoms with van der Waals surface area (Å²) in [6.45, 7) is 0. The van der Waals surface area contributed by atoms with Crippen LogP contribution in [0.2, 0.25) is 0 Å². The van der Waals surface area contributed by atoms with E-state index in [9.17, 15) is 9.59 Å². The largest absolute Gasteiger partial charge is 0.459 e. The molecule has 22 heavy (non-hydrogen) atoms. The summed E-state index contributed by atoms with van der Waals surface area (Å²) in [5.74, 6) is -0.924. The molecule has 0 aliphatic rings. The third-order valence-electron chi connectivity index (χ3n) is 2.76. The third kappa shape index (κ3) is 2.82. The highest BCUT2D eigenvalue weighted by Gasteiger charge is 2.11. The second-order valence-electron chi connectivity index (χ2n) is 4.19. The summed E-state index contributed by atoms with van der Waals surface area (Å²) in [5.41, 5.74) is 5.52. The Hall–Kier alpha value is -3.49. The van der Waals surface area contributed by atoms with Crippen molar-refractivity contribution in [1.29, 1.82) is 0 Å². The third-order valence-corrected chi connectivity index (χ3v) is 2.76. The number of hydrogen-bond donors (Lipinski definition) is 2. The van der Waals surface area contributed by atoms with E-state index < -0.39 is 11.8 Å². The van der Waals surface area contributed by atoms with Crippen molar-refractivity contribution in [3.63, 3.8) is 0 Å². The predicted octanol–water partition coefficient (Wildman–Crippen LogP) is 0.330. The summed E-state index contributed by atoms with van der Waals surface area (Å²) in [7, 11) is 0. The lowest BCUT2D eigenvalue weighted by Crippen LogP contribution is -2.41. The molecule has 3 rings (SSSR count). The molecule has 0 saturated heterocycles. The summed E-state index contributed by atoms with van der Waals surface area (Å²) in [5, 5.41) is 10.8. The molecule has 2 heterocycles. The van der Waals surface area contributed by atoms with Gasteiger partial charge in [-0.2, -0.15) is 0 Å². The molecule has 0 atom stereocenters. The van der Waals surface area contributed by atoms with Crippen LogP contribution < -0.4 is 10.9 Å². The number of carbonyl (C=O) groups excluding carboxylic acids is 2. The molecule has 0 saturated carbocycles. The van der Waals surface area contributed by atoms with Crippen LogP contribution >= 0.6 is 0 Å². The molecule has 110 valence electrons. The van der Waals surface area contributed by atoms with Crippen LogP contribution in [0, 0.1) is 0 Å². The monoisotopic (exact) mass is 298 g/mol. The highest BCUT2D eigenvalue weighted by Crippen LogP contribution is 2.08. The zero-order valence-corrected chi connectivity index (χ0v) is 11.1. The Morgan fingerprint density at radius 3 is 2.68 bits per heavy atom. The molecule has 0 bridgehead atoms. The van der Waals surface area contributed by atoms with Crippen LogP contribution in [-0.4, -0.2) is 32.0 Å². The minimum Gasteiger partial charge on any atom is -0.459 e. The maximum Gasteiger partial charge on any atom is 0.305 e. The van der Waals surface area contributed by atoms with Crippen LogP contribution in [-0.2, 0) is 0 Å².